The number of esters is 1. The summed E-state index contributed by atoms with van der Waals surface area (Å²) in [5.41, 5.74) is 0.132. The molecule has 1 heterocycles. The van der Waals surface area contributed by atoms with E-state index in [0.717, 1.165) is 10.7 Å². The van der Waals surface area contributed by atoms with Gasteiger partial charge in [0.2, 0.25) is 15.9 Å². The van der Waals surface area contributed by atoms with E-state index in [-0.39, 0.29) is 35.7 Å². The van der Waals surface area contributed by atoms with E-state index in [1.165, 1.54) is 23.9 Å². The lowest BCUT2D eigenvalue weighted by Crippen LogP contribution is -2.41. The van der Waals surface area contributed by atoms with Crippen LogP contribution in [-0.4, -0.2) is 55.4 Å². The molecule has 1 aromatic heterocycles. The van der Waals surface area contributed by atoms with Crippen molar-refractivity contribution in [2.45, 2.75) is 38.1 Å². The van der Waals surface area contributed by atoms with Gasteiger partial charge in [-0.2, -0.15) is 4.31 Å². The zero-order chi connectivity index (χ0) is 18.5. The molecule has 0 unspecified atom stereocenters. The lowest BCUT2D eigenvalue weighted by molar-refractivity contribution is -0.121. The Labute approximate surface area is 142 Å². The zero-order valence-corrected chi connectivity index (χ0v) is 15.5. The molecule has 1 amide bonds. The predicted octanol–water partition coefficient (Wildman–Crippen LogP) is 0.737. The summed E-state index contributed by atoms with van der Waals surface area (Å²) in [4.78, 5) is 23.6. The van der Waals surface area contributed by atoms with Crippen LogP contribution in [0, 0.1) is 0 Å². The van der Waals surface area contributed by atoms with Crippen molar-refractivity contribution in [3.63, 3.8) is 0 Å². The van der Waals surface area contributed by atoms with Crippen molar-refractivity contribution in [3.05, 3.63) is 18.0 Å². The Balaban J connectivity index is 2.93. The van der Waals surface area contributed by atoms with Crippen LogP contribution >= 0.6 is 0 Å². The number of nitrogens with zero attached hydrogens (tertiary/aromatic N) is 2. The first-order valence-corrected chi connectivity index (χ1v) is 9.16. The molecule has 9 heteroatoms. The van der Waals surface area contributed by atoms with Crippen LogP contribution in [0.3, 0.4) is 0 Å². The van der Waals surface area contributed by atoms with Gasteiger partial charge in [0.25, 0.3) is 0 Å². The third-order valence-corrected chi connectivity index (χ3v) is 5.33. The maximum absolute atomic E-state index is 12.5. The molecule has 136 valence electrons. The fourth-order valence-corrected chi connectivity index (χ4v) is 3.17. The van der Waals surface area contributed by atoms with Crippen molar-refractivity contribution in [2.75, 3.05) is 20.2 Å². The molecule has 24 heavy (non-hydrogen) atoms. The van der Waals surface area contributed by atoms with Crippen molar-refractivity contribution in [1.29, 1.82) is 0 Å². The fraction of sp³-hybridized carbons (Fsp3) is 0.600. The van der Waals surface area contributed by atoms with Gasteiger partial charge < -0.3 is 14.6 Å². The van der Waals surface area contributed by atoms with Crippen molar-refractivity contribution >= 4 is 21.9 Å². The summed E-state index contributed by atoms with van der Waals surface area (Å²) < 4.78 is 32.3. The van der Waals surface area contributed by atoms with E-state index >= 15 is 0 Å². The number of carbonyl (C=O) groups is 2. The van der Waals surface area contributed by atoms with E-state index in [0.29, 0.717) is 0 Å². The number of aryl methyl sites for hydroxylation is 1. The molecule has 0 radical (unpaired) electrons. The third-order valence-electron chi connectivity index (χ3n) is 3.56. The molecule has 1 aromatic rings. The summed E-state index contributed by atoms with van der Waals surface area (Å²) in [5.74, 6) is -0.976. The topological polar surface area (TPSA) is 97.7 Å². The molecule has 1 rings (SSSR count). The van der Waals surface area contributed by atoms with Crippen LogP contribution < -0.4 is 5.32 Å². The molecule has 0 fully saturated rings. The van der Waals surface area contributed by atoms with Gasteiger partial charge in [0, 0.05) is 26.3 Å². The monoisotopic (exact) mass is 359 g/mol. The number of hydrogen-bond acceptors (Lipinski definition) is 5. The highest BCUT2D eigenvalue weighted by Gasteiger charge is 2.26. The minimum Gasteiger partial charge on any atom is -0.461 e. The lowest BCUT2D eigenvalue weighted by atomic mass is 10.2. The summed E-state index contributed by atoms with van der Waals surface area (Å²) in [6.45, 7) is 5.34. The second kappa shape index (κ2) is 8.29. The van der Waals surface area contributed by atoms with Gasteiger partial charge in [-0.15, -0.1) is 0 Å². The number of aromatic nitrogens is 1. The molecule has 1 atom stereocenters. The zero-order valence-electron chi connectivity index (χ0n) is 14.7. The van der Waals surface area contributed by atoms with Crippen molar-refractivity contribution < 1.29 is 22.7 Å². The number of likely N-dealkylation sites (N-methyl/N-ethyl adjacent to an activating group) is 1. The smallest absolute Gasteiger partial charge is 0.354 e. The van der Waals surface area contributed by atoms with E-state index in [1.54, 1.807) is 14.0 Å². The third kappa shape index (κ3) is 4.81. The molecule has 0 aliphatic rings. The largest absolute Gasteiger partial charge is 0.461 e. The van der Waals surface area contributed by atoms with Gasteiger partial charge in [-0.3, -0.25) is 4.79 Å². The minimum absolute atomic E-state index is 0.0271. The van der Waals surface area contributed by atoms with Gasteiger partial charge in [-0.25, -0.2) is 13.2 Å². The molecular weight excluding hydrogens is 334 g/mol. The summed E-state index contributed by atoms with van der Waals surface area (Å²) in [5, 5.41) is 2.71. The van der Waals surface area contributed by atoms with Crippen molar-refractivity contribution in [1.82, 2.24) is 14.2 Å². The van der Waals surface area contributed by atoms with E-state index in [1.807, 2.05) is 13.8 Å². The van der Waals surface area contributed by atoms with Gasteiger partial charge in [0.1, 0.15) is 10.6 Å². The highest BCUT2D eigenvalue weighted by molar-refractivity contribution is 7.89. The molecule has 0 saturated carbocycles. The number of rotatable bonds is 8. The van der Waals surface area contributed by atoms with Crippen LogP contribution in [0.2, 0.25) is 0 Å². The summed E-state index contributed by atoms with van der Waals surface area (Å²) in [6, 6.07) is 1.22. The van der Waals surface area contributed by atoms with E-state index in [4.69, 9.17) is 4.74 Å². The summed E-state index contributed by atoms with van der Waals surface area (Å²) in [7, 11) is -1.00. The molecular formula is C15H25N3O5S. The molecule has 0 spiro atoms. The highest BCUT2D eigenvalue weighted by Crippen LogP contribution is 2.18. The van der Waals surface area contributed by atoms with Crippen LogP contribution in [0.5, 0.6) is 0 Å². The van der Waals surface area contributed by atoms with E-state index in [9.17, 15) is 18.0 Å². The van der Waals surface area contributed by atoms with Gasteiger partial charge in [-0.1, -0.05) is 6.92 Å². The van der Waals surface area contributed by atoms with Gasteiger partial charge in [0.15, 0.2) is 0 Å². The molecule has 0 aliphatic heterocycles. The Hall–Kier alpha value is -1.87. The maximum Gasteiger partial charge on any atom is 0.354 e. The number of nitrogens with one attached hydrogen (secondary N) is 1. The number of sulfonamides is 1. The number of amides is 1. The first kappa shape index (κ1) is 20.2. The molecule has 0 aliphatic carbocycles. The van der Waals surface area contributed by atoms with Crippen molar-refractivity contribution in [3.8, 4) is 0 Å². The van der Waals surface area contributed by atoms with Gasteiger partial charge >= 0.3 is 5.97 Å². The summed E-state index contributed by atoms with van der Waals surface area (Å²) in [6.07, 6.45) is 2.08. The standard InChI is InChI=1S/C15H25N3O5S/c1-6-11(3)16-14(19)10-18(5)24(21,22)12-8-13(17(4)9-12)15(20)23-7-2/h8-9,11H,6-7,10H2,1-5H3,(H,16,19)/t11-/m0/s1. The lowest BCUT2D eigenvalue weighted by Gasteiger charge is -2.17. The SMILES string of the molecule is CCOC(=O)c1cc(S(=O)(=O)N(C)CC(=O)N[C@@H](C)CC)cn1C. The van der Waals surface area contributed by atoms with Crippen LogP contribution in [0.15, 0.2) is 17.2 Å². The highest BCUT2D eigenvalue weighted by atomic mass is 32.2. The van der Waals surface area contributed by atoms with Crippen LogP contribution in [0.25, 0.3) is 0 Å². The second-order valence-electron chi connectivity index (χ2n) is 5.53. The second-order valence-corrected chi connectivity index (χ2v) is 7.58. The Kier molecular flexibility index (Phi) is 6.97. The molecule has 0 saturated heterocycles. The minimum atomic E-state index is -3.88. The van der Waals surface area contributed by atoms with E-state index < -0.39 is 16.0 Å². The summed E-state index contributed by atoms with van der Waals surface area (Å²) >= 11 is 0. The fourth-order valence-electron chi connectivity index (χ4n) is 1.97. The number of carbonyl (C=O) groups excluding carboxylic acids is 2. The maximum atomic E-state index is 12.5. The normalized spacial score (nSPS) is 12.9. The van der Waals surface area contributed by atoms with Crippen LogP contribution in [0.1, 0.15) is 37.7 Å². The average Bonchev–Trinajstić information content (AvgIpc) is 2.89. The van der Waals surface area contributed by atoms with Crippen molar-refractivity contribution in [2.24, 2.45) is 7.05 Å². The van der Waals surface area contributed by atoms with Crippen LogP contribution in [-0.2, 0) is 26.6 Å². The quantitative estimate of drug-likeness (QED) is 0.690. The number of ether oxygens (including phenoxy) is 1. The molecule has 1 N–H and O–H groups in total. The van der Waals surface area contributed by atoms with Gasteiger partial charge in [0.05, 0.1) is 13.2 Å². The number of hydrogen-bond donors (Lipinski definition) is 1. The first-order chi connectivity index (χ1) is 11.1. The Morgan fingerprint density at radius 1 is 1.38 bits per heavy atom. The van der Waals surface area contributed by atoms with Crippen LogP contribution in [0.4, 0.5) is 0 Å². The average molecular weight is 359 g/mol. The Morgan fingerprint density at radius 3 is 2.54 bits per heavy atom. The molecule has 8 nitrogen and oxygen atoms in total. The van der Waals surface area contributed by atoms with E-state index in [2.05, 4.69) is 5.32 Å². The predicted molar refractivity (Wildman–Crippen MR) is 89.1 cm³/mol. The van der Waals surface area contributed by atoms with Gasteiger partial charge in [-0.05, 0) is 26.3 Å². The first-order valence-electron chi connectivity index (χ1n) is 7.72. The Bertz CT molecular complexity index is 696. The molecule has 0 bridgehead atoms. The molecule has 0 aromatic carbocycles. The Morgan fingerprint density at radius 2 is 2.00 bits per heavy atom.